The summed E-state index contributed by atoms with van der Waals surface area (Å²) in [6, 6.07) is 8.62. The van der Waals surface area contributed by atoms with Gasteiger partial charge in [0.1, 0.15) is 10.6 Å². The molecule has 0 atom stereocenters. The summed E-state index contributed by atoms with van der Waals surface area (Å²) in [6.45, 7) is 1.92. The number of methoxy groups -OCH3 is 1. The zero-order valence-corrected chi connectivity index (χ0v) is 17.7. The van der Waals surface area contributed by atoms with Crippen LogP contribution in [0.2, 0.25) is 0 Å². The molecule has 3 heterocycles. The topological polar surface area (TPSA) is 84.4 Å². The highest BCUT2D eigenvalue weighted by Gasteiger charge is 2.22. The summed E-state index contributed by atoms with van der Waals surface area (Å²) < 4.78 is 4.80. The zero-order chi connectivity index (χ0) is 20.4. The minimum atomic E-state index is -0.496. The number of anilines is 2. The summed E-state index contributed by atoms with van der Waals surface area (Å²) in [4.78, 5) is 37.7. The molecule has 0 bridgehead atoms. The van der Waals surface area contributed by atoms with Gasteiger partial charge in [0.15, 0.2) is 5.16 Å². The Kier molecular flexibility index (Phi) is 5.68. The van der Waals surface area contributed by atoms with Gasteiger partial charge in [-0.2, -0.15) is 0 Å². The van der Waals surface area contributed by atoms with Crippen LogP contribution in [0.3, 0.4) is 0 Å². The largest absolute Gasteiger partial charge is 0.465 e. The quantitative estimate of drug-likeness (QED) is 0.373. The van der Waals surface area contributed by atoms with E-state index in [4.69, 9.17) is 9.72 Å². The molecule has 0 unspecified atom stereocenters. The molecule has 1 amide bonds. The van der Waals surface area contributed by atoms with E-state index in [0.717, 1.165) is 42.0 Å². The number of thiophene rings is 1. The molecule has 9 heteroatoms. The van der Waals surface area contributed by atoms with Gasteiger partial charge >= 0.3 is 5.97 Å². The van der Waals surface area contributed by atoms with Gasteiger partial charge < -0.3 is 15.0 Å². The molecule has 3 aromatic rings. The Labute approximate surface area is 176 Å². The van der Waals surface area contributed by atoms with Gasteiger partial charge in [-0.15, -0.1) is 11.3 Å². The third-order valence-corrected chi connectivity index (χ3v) is 6.32. The summed E-state index contributed by atoms with van der Waals surface area (Å²) in [5, 5.41) is 4.41. The highest BCUT2D eigenvalue weighted by atomic mass is 32.2. The lowest BCUT2D eigenvalue weighted by Crippen LogP contribution is -2.19. The Morgan fingerprint density at radius 2 is 1.97 bits per heavy atom. The SMILES string of the molecule is COC(=O)c1ccccc1NC(=O)c1cc2c(N3CCCC3)nc(SC)nc2s1. The van der Waals surface area contributed by atoms with Gasteiger partial charge in [0.2, 0.25) is 0 Å². The van der Waals surface area contributed by atoms with Gasteiger partial charge in [0, 0.05) is 13.1 Å². The smallest absolute Gasteiger partial charge is 0.339 e. The number of thioether (sulfide) groups is 1. The first-order valence-corrected chi connectivity index (χ1v) is 11.2. The third kappa shape index (κ3) is 3.92. The molecule has 1 saturated heterocycles. The molecule has 2 aromatic heterocycles. The maximum Gasteiger partial charge on any atom is 0.339 e. The number of nitrogens with one attached hydrogen (secondary N) is 1. The van der Waals surface area contributed by atoms with Crippen molar-refractivity contribution in [2.45, 2.75) is 18.0 Å². The van der Waals surface area contributed by atoms with Crippen LogP contribution < -0.4 is 10.2 Å². The number of benzene rings is 1. The molecule has 0 saturated carbocycles. The third-order valence-electron chi connectivity index (χ3n) is 4.74. The number of hydrogen-bond donors (Lipinski definition) is 1. The minimum Gasteiger partial charge on any atom is -0.465 e. The Morgan fingerprint density at radius 3 is 2.69 bits per heavy atom. The van der Waals surface area contributed by atoms with Gasteiger partial charge in [0.25, 0.3) is 5.91 Å². The molecule has 1 N–H and O–H groups in total. The maximum absolute atomic E-state index is 12.9. The summed E-state index contributed by atoms with van der Waals surface area (Å²) in [6.07, 6.45) is 4.23. The van der Waals surface area contributed by atoms with Crippen LogP contribution in [0.25, 0.3) is 10.2 Å². The van der Waals surface area contributed by atoms with Crippen molar-refractivity contribution in [3.8, 4) is 0 Å². The van der Waals surface area contributed by atoms with Crippen LogP contribution >= 0.6 is 23.1 Å². The molecule has 1 fully saturated rings. The molecule has 1 aromatic carbocycles. The van der Waals surface area contributed by atoms with Gasteiger partial charge in [-0.25, -0.2) is 14.8 Å². The summed E-state index contributed by atoms with van der Waals surface area (Å²) >= 11 is 2.82. The molecule has 0 spiro atoms. The minimum absolute atomic E-state index is 0.289. The fraction of sp³-hybridized carbons (Fsp3) is 0.300. The molecule has 0 aliphatic carbocycles. The van der Waals surface area contributed by atoms with Crippen LogP contribution in [-0.2, 0) is 4.74 Å². The van der Waals surface area contributed by atoms with Crippen molar-refractivity contribution >= 4 is 56.7 Å². The fourth-order valence-corrected chi connectivity index (χ4v) is 4.66. The summed E-state index contributed by atoms with van der Waals surface area (Å²) in [5.74, 6) is 0.105. The number of esters is 1. The summed E-state index contributed by atoms with van der Waals surface area (Å²) in [5.41, 5.74) is 0.726. The number of hydrogen-bond acceptors (Lipinski definition) is 8. The average Bonchev–Trinajstić information content (AvgIpc) is 3.42. The number of amides is 1. The first-order chi connectivity index (χ1) is 14.1. The molecule has 4 rings (SSSR count). The Balaban J connectivity index is 1.69. The van der Waals surface area contributed by atoms with Crippen molar-refractivity contribution in [3.63, 3.8) is 0 Å². The second-order valence-electron chi connectivity index (χ2n) is 6.55. The standard InChI is InChI=1S/C20H20N4O3S2/c1-27-19(26)12-7-3-4-8-14(12)21-17(25)15-11-13-16(24-9-5-6-10-24)22-20(28-2)23-18(13)29-15/h3-4,7-8,11H,5-6,9-10H2,1-2H3,(H,21,25). The van der Waals surface area contributed by atoms with E-state index in [2.05, 4.69) is 15.2 Å². The van der Waals surface area contributed by atoms with Gasteiger partial charge in [-0.3, -0.25) is 4.79 Å². The van der Waals surface area contributed by atoms with E-state index in [-0.39, 0.29) is 5.91 Å². The van der Waals surface area contributed by atoms with Crippen LogP contribution in [0.4, 0.5) is 11.5 Å². The van der Waals surface area contributed by atoms with Crippen LogP contribution in [0.5, 0.6) is 0 Å². The number of carbonyl (C=O) groups excluding carboxylic acids is 2. The number of rotatable bonds is 5. The van der Waals surface area contributed by atoms with E-state index in [1.165, 1.54) is 30.2 Å². The highest BCUT2D eigenvalue weighted by Crippen LogP contribution is 2.34. The van der Waals surface area contributed by atoms with Crippen LogP contribution in [0.1, 0.15) is 32.9 Å². The monoisotopic (exact) mass is 428 g/mol. The van der Waals surface area contributed by atoms with E-state index in [9.17, 15) is 9.59 Å². The molecular weight excluding hydrogens is 408 g/mol. The second kappa shape index (κ2) is 8.38. The zero-order valence-electron chi connectivity index (χ0n) is 16.1. The van der Waals surface area contributed by atoms with Crippen molar-refractivity contribution in [1.82, 2.24) is 9.97 Å². The van der Waals surface area contributed by atoms with Crippen molar-refractivity contribution in [2.75, 3.05) is 36.7 Å². The van der Waals surface area contributed by atoms with Gasteiger partial charge in [-0.05, 0) is 37.3 Å². The van der Waals surface area contributed by atoms with E-state index in [0.29, 0.717) is 21.3 Å². The van der Waals surface area contributed by atoms with Crippen molar-refractivity contribution in [3.05, 3.63) is 40.8 Å². The Morgan fingerprint density at radius 1 is 1.21 bits per heavy atom. The number of ether oxygens (including phenoxy) is 1. The van der Waals surface area contributed by atoms with E-state index < -0.39 is 5.97 Å². The first-order valence-electron chi connectivity index (χ1n) is 9.20. The molecule has 1 aliphatic rings. The van der Waals surface area contributed by atoms with Crippen molar-refractivity contribution in [2.24, 2.45) is 0 Å². The van der Waals surface area contributed by atoms with Crippen molar-refractivity contribution < 1.29 is 14.3 Å². The lowest BCUT2D eigenvalue weighted by atomic mass is 10.2. The Hall–Kier alpha value is -2.65. The van der Waals surface area contributed by atoms with E-state index >= 15 is 0 Å². The molecule has 7 nitrogen and oxygen atoms in total. The van der Waals surface area contributed by atoms with Crippen LogP contribution in [-0.4, -0.2) is 48.3 Å². The number of aromatic nitrogens is 2. The van der Waals surface area contributed by atoms with Crippen LogP contribution in [0.15, 0.2) is 35.5 Å². The normalized spacial score (nSPS) is 13.7. The van der Waals surface area contributed by atoms with Gasteiger partial charge in [-0.1, -0.05) is 23.9 Å². The highest BCUT2D eigenvalue weighted by molar-refractivity contribution is 7.98. The van der Waals surface area contributed by atoms with Crippen LogP contribution in [0, 0.1) is 0 Å². The molecule has 29 heavy (non-hydrogen) atoms. The number of nitrogens with zero attached hydrogens (tertiary/aromatic N) is 3. The number of para-hydroxylation sites is 1. The number of carbonyl (C=O) groups is 2. The lowest BCUT2D eigenvalue weighted by Gasteiger charge is -2.17. The Bertz CT molecular complexity index is 1080. The molecular formula is C20H20N4O3S2. The van der Waals surface area contributed by atoms with E-state index in [1.54, 1.807) is 24.3 Å². The fourth-order valence-electron chi connectivity index (χ4n) is 3.32. The second-order valence-corrected chi connectivity index (χ2v) is 8.35. The average molecular weight is 429 g/mol. The molecule has 1 aliphatic heterocycles. The van der Waals surface area contributed by atoms with Gasteiger partial charge in [0.05, 0.1) is 28.6 Å². The molecule has 150 valence electrons. The van der Waals surface area contributed by atoms with Crippen molar-refractivity contribution in [1.29, 1.82) is 0 Å². The van der Waals surface area contributed by atoms with E-state index in [1.807, 2.05) is 12.3 Å². The predicted molar refractivity (Wildman–Crippen MR) is 116 cm³/mol. The molecule has 0 radical (unpaired) electrons. The maximum atomic E-state index is 12.9. The summed E-state index contributed by atoms with van der Waals surface area (Å²) in [7, 11) is 1.31. The number of fused-ring (bicyclic) bond motifs is 1. The lowest BCUT2D eigenvalue weighted by molar-refractivity contribution is 0.0602. The predicted octanol–water partition coefficient (Wildman–Crippen LogP) is 4.05. The first kappa shape index (κ1) is 19.7.